The quantitative estimate of drug-likeness (QED) is 0.636. The van der Waals surface area contributed by atoms with Crippen LogP contribution in [0.2, 0.25) is 0 Å². The van der Waals surface area contributed by atoms with E-state index in [1.54, 1.807) is 39.0 Å². The fourth-order valence-corrected chi connectivity index (χ4v) is 6.25. The molecule has 1 aliphatic heterocycles. The van der Waals surface area contributed by atoms with Crippen LogP contribution in [0.25, 0.3) is 0 Å². The maximum absolute atomic E-state index is 13.6. The van der Waals surface area contributed by atoms with Gasteiger partial charge in [-0.3, -0.25) is 4.79 Å². The average Bonchev–Trinajstić information content (AvgIpc) is 3.31. The Morgan fingerprint density at radius 2 is 1.94 bits per heavy atom. The number of benzene rings is 1. The minimum Gasteiger partial charge on any atom is -0.489 e. The van der Waals surface area contributed by atoms with Crippen molar-refractivity contribution in [2.24, 2.45) is 5.92 Å². The number of aliphatic hydroxyl groups is 1. The highest BCUT2D eigenvalue weighted by molar-refractivity contribution is 7.89. The van der Waals surface area contributed by atoms with Gasteiger partial charge in [-0.1, -0.05) is 6.07 Å². The van der Waals surface area contributed by atoms with Gasteiger partial charge in [-0.25, -0.2) is 8.42 Å². The largest absolute Gasteiger partial charge is 0.489 e. The lowest BCUT2D eigenvalue weighted by Gasteiger charge is -2.28. The number of nitrogens with zero attached hydrogens (tertiary/aromatic N) is 1. The highest BCUT2D eigenvalue weighted by Crippen LogP contribution is 2.37. The second-order valence-electron chi connectivity index (χ2n) is 9.62. The molecular formula is C23H35NO6S. The SMILES string of the molecule is Cc1ccc(S(=O)(=O)N2CCC[C@H]2C(=O)OC(C)(C)C)c(O[C@@H]2CCC[C@@H]2CCO)c1. The van der Waals surface area contributed by atoms with E-state index in [9.17, 15) is 18.3 Å². The molecule has 174 valence electrons. The van der Waals surface area contributed by atoms with Gasteiger partial charge in [0.15, 0.2) is 0 Å². The van der Waals surface area contributed by atoms with Gasteiger partial charge in [-0.2, -0.15) is 4.31 Å². The number of carbonyl (C=O) groups excluding carboxylic acids is 1. The Labute approximate surface area is 185 Å². The number of ether oxygens (including phenoxy) is 2. The minimum atomic E-state index is -3.95. The summed E-state index contributed by atoms with van der Waals surface area (Å²) >= 11 is 0. The number of sulfonamides is 1. The van der Waals surface area contributed by atoms with Crippen LogP contribution in [0.15, 0.2) is 23.1 Å². The molecule has 1 aromatic rings. The average molecular weight is 454 g/mol. The van der Waals surface area contributed by atoms with Gasteiger partial charge >= 0.3 is 5.97 Å². The van der Waals surface area contributed by atoms with E-state index in [0.717, 1.165) is 24.8 Å². The molecular weight excluding hydrogens is 418 g/mol. The summed E-state index contributed by atoms with van der Waals surface area (Å²) in [4.78, 5) is 12.8. The van der Waals surface area contributed by atoms with Crippen LogP contribution in [0.4, 0.5) is 0 Å². The molecule has 1 N–H and O–H groups in total. The van der Waals surface area contributed by atoms with Crippen molar-refractivity contribution < 1.29 is 27.8 Å². The van der Waals surface area contributed by atoms with Crippen LogP contribution >= 0.6 is 0 Å². The van der Waals surface area contributed by atoms with Gasteiger partial charge < -0.3 is 14.6 Å². The number of carbonyl (C=O) groups is 1. The third-order valence-corrected chi connectivity index (χ3v) is 7.88. The van der Waals surface area contributed by atoms with Crippen molar-refractivity contribution in [3.05, 3.63) is 23.8 Å². The van der Waals surface area contributed by atoms with Crippen molar-refractivity contribution in [2.75, 3.05) is 13.2 Å². The summed E-state index contributed by atoms with van der Waals surface area (Å²) in [6.07, 6.45) is 4.36. The second-order valence-corrected chi connectivity index (χ2v) is 11.5. The van der Waals surface area contributed by atoms with E-state index in [-0.39, 0.29) is 30.1 Å². The smallest absolute Gasteiger partial charge is 0.324 e. The molecule has 8 heteroatoms. The lowest BCUT2D eigenvalue weighted by molar-refractivity contribution is -0.158. The summed E-state index contributed by atoms with van der Waals surface area (Å²) in [6, 6.07) is 4.24. The molecule has 1 aromatic carbocycles. The van der Waals surface area contributed by atoms with E-state index in [1.807, 2.05) is 6.92 Å². The van der Waals surface area contributed by atoms with Crippen molar-refractivity contribution in [1.29, 1.82) is 0 Å². The van der Waals surface area contributed by atoms with E-state index in [0.29, 0.717) is 25.0 Å². The summed E-state index contributed by atoms with van der Waals surface area (Å²) in [5.74, 6) is 0.0222. The van der Waals surface area contributed by atoms with Crippen LogP contribution in [-0.2, 0) is 19.6 Å². The first kappa shape index (κ1) is 24.0. The van der Waals surface area contributed by atoms with E-state index < -0.39 is 27.6 Å². The highest BCUT2D eigenvalue weighted by Gasteiger charge is 2.43. The summed E-state index contributed by atoms with van der Waals surface area (Å²) in [7, 11) is -3.95. The molecule has 1 heterocycles. The maximum Gasteiger partial charge on any atom is 0.324 e. The van der Waals surface area contributed by atoms with Crippen molar-refractivity contribution in [1.82, 2.24) is 4.31 Å². The molecule has 0 amide bonds. The normalized spacial score (nSPS) is 25.0. The Hall–Kier alpha value is -1.64. The first-order valence-corrected chi connectivity index (χ1v) is 12.6. The third kappa shape index (κ3) is 5.59. The predicted octanol–water partition coefficient (Wildman–Crippen LogP) is 3.42. The van der Waals surface area contributed by atoms with Gasteiger partial charge in [0.2, 0.25) is 10.0 Å². The van der Waals surface area contributed by atoms with Crippen LogP contribution in [0.5, 0.6) is 5.75 Å². The molecule has 31 heavy (non-hydrogen) atoms. The number of aliphatic hydroxyl groups excluding tert-OH is 1. The molecule has 3 rings (SSSR count). The Morgan fingerprint density at radius 1 is 1.19 bits per heavy atom. The van der Waals surface area contributed by atoms with Crippen molar-refractivity contribution in [2.45, 2.75) is 88.9 Å². The topological polar surface area (TPSA) is 93.1 Å². The van der Waals surface area contributed by atoms with Crippen molar-refractivity contribution >= 4 is 16.0 Å². The molecule has 0 radical (unpaired) electrons. The van der Waals surface area contributed by atoms with Crippen molar-refractivity contribution in [3.8, 4) is 5.75 Å². The summed E-state index contributed by atoms with van der Waals surface area (Å²) in [6.45, 7) is 7.58. The van der Waals surface area contributed by atoms with Crippen LogP contribution in [-0.4, -0.2) is 54.7 Å². The number of rotatable bonds is 7. The van der Waals surface area contributed by atoms with Crippen LogP contribution in [0, 0.1) is 12.8 Å². The number of hydrogen-bond acceptors (Lipinski definition) is 6. The minimum absolute atomic E-state index is 0.0863. The highest BCUT2D eigenvalue weighted by atomic mass is 32.2. The van der Waals surface area contributed by atoms with Gasteiger partial charge in [0, 0.05) is 13.2 Å². The standard InChI is InChI=1S/C23H35NO6S/c1-16-10-11-21(20(15-16)29-19-9-5-7-17(19)12-14-25)31(27,28)24-13-6-8-18(24)22(26)30-23(2,3)4/h10-11,15,17-19,25H,5-9,12-14H2,1-4H3/t17-,18+,19-/m1/s1. The molecule has 0 bridgehead atoms. The number of aryl methyl sites for hydroxylation is 1. The number of esters is 1. The molecule has 1 aliphatic carbocycles. The van der Waals surface area contributed by atoms with Crippen LogP contribution in [0.3, 0.4) is 0 Å². The lowest BCUT2D eigenvalue weighted by Crippen LogP contribution is -2.43. The third-order valence-electron chi connectivity index (χ3n) is 5.94. The fraction of sp³-hybridized carbons (Fsp3) is 0.696. The van der Waals surface area contributed by atoms with Gasteiger partial charge in [0.25, 0.3) is 0 Å². The Kier molecular flexibility index (Phi) is 7.33. The van der Waals surface area contributed by atoms with Crippen molar-refractivity contribution in [3.63, 3.8) is 0 Å². The molecule has 0 spiro atoms. The summed E-state index contributed by atoms with van der Waals surface area (Å²) in [5.41, 5.74) is 0.216. The molecule has 0 aromatic heterocycles. The fourth-order valence-electron chi connectivity index (χ4n) is 4.50. The second kappa shape index (κ2) is 9.46. The van der Waals surface area contributed by atoms with E-state index in [4.69, 9.17) is 9.47 Å². The lowest BCUT2D eigenvalue weighted by atomic mass is 10.0. The van der Waals surface area contributed by atoms with Gasteiger partial charge in [-0.05, 0) is 89.8 Å². The zero-order chi connectivity index (χ0) is 22.8. The predicted molar refractivity (Wildman–Crippen MR) is 117 cm³/mol. The van der Waals surface area contributed by atoms with E-state index in [1.165, 1.54) is 4.31 Å². The molecule has 1 saturated heterocycles. The van der Waals surface area contributed by atoms with Crippen LogP contribution < -0.4 is 4.74 Å². The van der Waals surface area contributed by atoms with E-state index in [2.05, 4.69) is 0 Å². The van der Waals surface area contributed by atoms with Crippen LogP contribution in [0.1, 0.15) is 64.9 Å². The first-order valence-electron chi connectivity index (χ1n) is 11.2. The Morgan fingerprint density at radius 3 is 2.61 bits per heavy atom. The molecule has 1 saturated carbocycles. The van der Waals surface area contributed by atoms with E-state index >= 15 is 0 Å². The molecule has 2 aliphatic rings. The zero-order valence-electron chi connectivity index (χ0n) is 19.0. The molecule has 7 nitrogen and oxygen atoms in total. The van der Waals surface area contributed by atoms with Gasteiger partial charge in [0.1, 0.15) is 28.4 Å². The summed E-state index contributed by atoms with van der Waals surface area (Å²) in [5, 5.41) is 9.34. The molecule has 2 fully saturated rings. The maximum atomic E-state index is 13.6. The summed E-state index contributed by atoms with van der Waals surface area (Å²) < 4.78 is 40.2. The monoisotopic (exact) mass is 453 g/mol. The molecule has 0 unspecified atom stereocenters. The first-order chi connectivity index (χ1) is 14.5. The number of hydrogen-bond donors (Lipinski definition) is 1. The Balaban J connectivity index is 1.89. The molecule has 3 atom stereocenters. The zero-order valence-corrected chi connectivity index (χ0v) is 19.8. The van der Waals surface area contributed by atoms with Gasteiger partial charge in [-0.15, -0.1) is 0 Å². The van der Waals surface area contributed by atoms with Gasteiger partial charge in [0.05, 0.1) is 0 Å². The Bertz CT molecular complexity index is 892.